The zero-order chi connectivity index (χ0) is 24.4. The molecule has 34 heavy (non-hydrogen) atoms. The number of rotatable bonds is 7. The first-order chi connectivity index (χ1) is 16.3. The number of amides is 1. The van der Waals surface area contributed by atoms with E-state index in [0.29, 0.717) is 30.3 Å². The molecule has 1 aliphatic heterocycles. The standard InChI is InChI=1S/C26H23Cl2NO4S/c1-3-33-18-8-9-20(28)19(14-18)23(30)21-22(25-15(2)11-13-34-25)29(26(32)24(21)31)12-10-16-4-6-17(27)7-5-16/h4-9,11,13-14,22,30H,3,10,12H2,1-2H3/b23-21+. The van der Waals surface area contributed by atoms with Gasteiger partial charge in [-0.1, -0.05) is 35.3 Å². The summed E-state index contributed by atoms with van der Waals surface area (Å²) < 4.78 is 5.54. The molecular formula is C26H23Cl2NO4S. The smallest absolute Gasteiger partial charge is 0.295 e. The van der Waals surface area contributed by atoms with Crippen molar-refractivity contribution < 1.29 is 19.4 Å². The Hall–Kier alpha value is -2.80. The van der Waals surface area contributed by atoms with Gasteiger partial charge in [0, 0.05) is 22.0 Å². The van der Waals surface area contributed by atoms with Crippen LogP contribution in [-0.4, -0.2) is 34.8 Å². The highest BCUT2D eigenvalue weighted by Gasteiger charge is 2.47. The number of carbonyl (C=O) groups is 2. The molecule has 176 valence electrons. The number of ether oxygens (including phenoxy) is 1. The van der Waals surface area contributed by atoms with E-state index >= 15 is 0 Å². The molecule has 1 aromatic heterocycles. The van der Waals surface area contributed by atoms with Gasteiger partial charge in [-0.05, 0) is 73.2 Å². The molecule has 1 unspecified atom stereocenters. The molecular weight excluding hydrogens is 493 g/mol. The van der Waals surface area contributed by atoms with Crippen LogP contribution >= 0.6 is 34.5 Å². The van der Waals surface area contributed by atoms with Gasteiger partial charge in [-0.2, -0.15) is 0 Å². The molecule has 1 saturated heterocycles. The van der Waals surface area contributed by atoms with E-state index in [1.54, 1.807) is 30.3 Å². The van der Waals surface area contributed by atoms with Crippen LogP contribution in [0.15, 0.2) is 59.5 Å². The first-order valence-electron chi connectivity index (χ1n) is 10.8. The molecule has 8 heteroatoms. The third-order valence-electron chi connectivity index (χ3n) is 5.75. The monoisotopic (exact) mass is 515 g/mol. The summed E-state index contributed by atoms with van der Waals surface area (Å²) in [5.74, 6) is -1.18. The van der Waals surface area contributed by atoms with Crippen molar-refractivity contribution >= 4 is 52.0 Å². The number of likely N-dealkylation sites (tertiary alicyclic amines) is 1. The summed E-state index contributed by atoms with van der Waals surface area (Å²) in [7, 11) is 0. The van der Waals surface area contributed by atoms with Crippen molar-refractivity contribution in [1.82, 2.24) is 4.90 Å². The minimum Gasteiger partial charge on any atom is -0.507 e. The normalized spacial score (nSPS) is 17.4. The van der Waals surface area contributed by atoms with Crippen molar-refractivity contribution in [2.75, 3.05) is 13.2 Å². The van der Waals surface area contributed by atoms with E-state index in [-0.39, 0.29) is 21.9 Å². The number of carbonyl (C=O) groups excluding carboxylic acids is 2. The Morgan fingerprint density at radius 3 is 2.50 bits per heavy atom. The number of nitrogens with zero attached hydrogens (tertiary/aromatic N) is 1. The van der Waals surface area contributed by atoms with Crippen LogP contribution < -0.4 is 4.74 Å². The van der Waals surface area contributed by atoms with Gasteiger partial charge < -0.3 is 14.7 Å². The summed E-state index contributed by atoms with van der Waals surface area (Å²) >= 11 is 13.8. The Balaban J connectivity index is 1.79. The van der Waals surface area contributed by atoms with Crippen molar-refractivity contribution in [3.63, 3.8) is 0 Å². The van der Waals surface area contributed by atoms with Crippen molar-refractivity contribution in [2.45, 2.75) is 26.3 Å². The molecule has 5 nitrogen and oxygen atoms in total. The maximum atomic E-state index is 13.2. The molecule has 2 heterocycles. The SMILES string of the molecule is CCOc1ccc(Cl)c(/C(O)=C2\C(=O)C(=O)N(CCc3ccc(Cl)cc3)C2c2sccc2C)c1. The van der Waals surface area contributed by atoms with Crippen molar-refractivity contribution in [1.29, 1.82) is 0 Å². The summed E-state index contributed by atoms with van der Waals surface area (Å²) in [5.41, 5.74) is 2.21. The quantitative estimate of drug-likeness (QED) is 0.223. The Morgan fingerprint density at radius 2 is 1.85 bits per heavy atom. The number of hydrogen-bond acceptors (Lipinski definition) is 5. The zero-order valence-corrected chi connectivity index (χ0v) is 21.0. The topological polar surface area (TPSA) is 66.8 Å². The molecule has 1 N–H and O–H groups in total. The summed E-state index contributed by atoms with van der Waals surface area (Å²) in [5, 5.41) is 14.1. The number of aryl methyl sites for hydroxylation is 1. The lowest BCUT2D eigenvalue weighted by Crippen LogP contribution is -2.31. The minimum atomic E-state index is -0.732. The van der Waals surface area contributed by atoms with Gasteiger partial charge in [0.15, 0.2) is 0 Å². The van der Waals surface area contributed by atoms with Gasteiger partial charge in [-0.25, -0.2) is 0 Å². The lowest BCUT2D eigenvalue weighted by atomic mass is 9.98. The van der Waals surface area contributed by atoms with Crippen LogP contribution in [0.4, 0.5) is 0 Å². The van der Waals surface area contributed by atoms with Crippen LogP contribution in [0.3, 0.4) is 0 Å². The maximum absolute atomic E-state index is 13.2. The van der Waals surface area contributed by atoms with Gasteiger partial charge in [0.1, 0.15) is 11.5 Å². The van der Waals surface area contributed by atoms with Crippen molar-refractivity contribution in [2.24, 2.45) is 0 Å². The minimum absolute atomic E-state index is 0.0298. The number of Topliss-reactive ketones (excluding diaryl/α,β-unsaturated/α-hetero) is 1. The highest BCUT2D eigenvalue weighted by molar-refractivity contribution is 7.10. The Kier molecular flexibility index (Phi) is 7.31. The van der Waals surface area contributed by atoms with E-state index < -0.39 is 17.7 Å². The van der Waals surface area contributed by atoms with Gasteiger partial charge in [-0.15, -0.1) is 11.3 Å². The molecule has 0 radical (unpaired) electrons. The number of ketones is 1. The molecule has 2 aromatic carbocycles. The number of benzene rings is 2. The molecule has 1 fully saturated rings. The molecule has 0 saturated carbocycles. The molecule has 1 aliphatic rings. The fourth-order valence-electron chi connectivity index (χ4n) is 4.04. The van der Waals surface area contributed by atoms with E-state index in [1.165, 1.54) is 16.2 Å². The molecule has 4 rings (SSSR count). The summed E-state index contributed by atoms with van der Waals surface area (Å²) in [6, 6.07) is 13.5. The van der Waals surface area contributed by atoms with Crippen molar-refractivity contribution in [3.05, 3.63) is 91.1 Å². The number of halogens is 2. The van der Waals surface area contributed by atoms with Gasteiger partial charge in [0.05, 0.1) is 23.2 Å². The Bertz CT molecular complexity index is 1270. The first kappa shape index (κ1) is 24.3. The average molecular weight is 516 g/mol. The van der Waals surface area contributed by atoms with E-state index in [1.807, 2.05) is 37.4 Å². The molecule has 0 bridgehead atoms. The lowest BCUT2D eigenvalue weighted by Gasteiger charge is -2.25. The fourth-order valence-corrected chi connectivity index (χ4v) is 5.42. The van der Waals surface area contributed by atoms with Crippen LogP contribution in [0.5, 0.6) is 5.75 Å². The van der Waals surface area contributed by atoms with E-state index in [2.05, 4.69) is 0 Å². The van der Waals surface area contributed by atoms with E-state index in [9.17, 15) is 14.7 Å². The van der Waals surface area contributed by atoms with Crippen LogP contribution in [-0.2, 0) is 16.0 Å². The summed E-state index contributed by atoms with van der Waals surface area (Å²) in [6.07, 6.45) is 0.533. The van der Waals surface area contributed by atoms with E-state index in [4.69, 9.17) is 27.9 Å². The predicted octanol–water partition coefficient (Wildman–Crippen LogP) is 6.43. The lowest BCUT2D eigenvalue weighted by molar-refractivity contribution is -0.139. The molecule has 3 aromatic rings. The van der Waals surface area contributed by atoms with Crippen LogP contribution in [0.1, 0.15) is 34.5 Å². The van der Waals surface area contributed by atoms with Gasteiger partial charge in [-0.3, -0.25) is 9.59 Å². The van der Waals surface area contributed by atoms with Gasteiger partial charge in [0.25, 0.3) is 11.7 Å². The van der Waals surface area contributed by atoms with Gasteiger partial charge in [0.2, 0.25) is 0 Å². The highest BCUT2D eigenvalue weighted by atomic mass is 35.5. The van der Waals surface area contributed by atoms with Crippen LogP contribution in [0.25, 0.3) is 5.76 Å². The summed E-state index contributed by atoms with van der Waals surface area (Å²) in [4.78, 5) is 28.7. The number of thiophene rings is 1. The molecule has 1 amide bonds. The summed E-state index contributed by atoms with van der Waals surface area (Å²) in [6.45, 7) is 4.51. The highest BCUT2D eigenvalue weighted by Crippen LogP contribution is 2.43. The van der Waals surface area contributed by atoms with Gasteiger partial charge >= 0.3 is 0 Å². The second-order valence-corrected chi connectivity index (χ2v) is 9.70. The third-order valence-corrected chi connectivity index (χ3v) is 7.40. The fraction of sp³-hybridized carbons (Fsp3) is 0.231. The van der Waals surface area contributed by atoms with Crippen molar-refractivity contribution in [3.8, 4) is 5.75 Å². The van der Waals surface area contributed by atoms with Crippen LogP contribution in [0, 0.1) is 6.92 Å². The predicted molar refractivity (Wildman–Crippen MR) is 136 cm³/mol. The number of aliphatic hydroxyl groups excluding tert-OH is 1. The second kappa shape index (κ2) is 10.2. The Labute approximate surface area is 212 Å². The second-order valence-electron chi connectivity index (χ2n) is 7.91. The third kappa shape index (κ3) is 4.71. The first-order valence-corrected chi connectivity index (χ1v) is 12.4. The number of aliphatic hydroxyl groups is 1. The largest absolute Gasteiger partial charge is 0.507 e. The zero-order valence-electron chi connectivity index (χ0n) is 18.7. The Morgan fingerprint density at radius 1 is 1.12 bits per heavy atom. The molecule has 1 atom stereocenters. The molecule has 0 aliphatic carbocycles. The average Bonchev–Trinajstić information content (AvgIpc) is 3.35. The maximum Gasteiger partial charge on any atom is 0.295 e. The molecule has 0 spiro atoms. The van der Waals surface area contributed by atoms with Crippen LogP contribution in [0.2, 0.25) is 10.0 Å². The van der Waals surface area contributed by atoms with E-state index in [0.717, 1.165) is 16.0 Å². The number of hydrogen-bond donors (Lipinski definition) is 1.